The van der Waals surface area contributed by atoms with Gasteiger partial charge in [-0.3, -0.25) is 4.90 Å². The third kappa shape index (κ3) is 3.46. The number of nitrogens with one attached hydrogen (secondary N) is 1. The van der Waals surface area contributed by atoms with Gasteiger partial charge < -0.3 is 5.32 Å². The van der Waals surface area contributed by atoms with Gasteiger partial charge in [0, 0.05) is 19.6 Å². The second kappa shape index (κ2) is 5.71. The van der Waals surface area contributed by atoms with Crippen LogP contribution in [-0.4, -0.2) is 31.1 Å². The second-order valence-electron chi connectivity index (χ2n) is 4.53. The predicted octanol–water partition coefficient (Wildman–Crippen LogP) is 2.50. The summed E-state index contributed by atoms with van der Waals surface area (Å²) in [6.45, 7) is 3.80. The molecule has 1 N–H and O–H groups in total. The molecule has 0 saturated carbocycles. The van der Waals surface area contributed by atoms with Crippen LogP contribution in [0.25, 0.3) is 0 Å². The first-order chi connectivity index (χ1) is 8.57. The summed E-state index contributed by atoms with van der Waals surface area (Å²) in [6.07, 6.45) is -3.28. The molecule has 2 rings (SSSR count). The zero-order valence-electron chi connectivity index (χ0n) is 10.1. The van der Waals surface area contributed by atoms with Crippen LogP contribution in [0.1, 0.15) is 17.5 Å². The highest BCUT2D eigenvalue weighted by molar-refractivity contribution is 5.29. The first-order valence-corrected chi connectivity index (χ1v) is 6.15. The van der Waals surface area contributed by atoms with Crippen LogP contribution in [0.15, 0.2) is 24.3 Å². The van der Waals surface area contributed by atoms with Gasteiger partial charge >= 0.3 is 6.18 Å². The average molecular weight is 258 g/mol. The number of rotatable bonds is 2. The van der Waals surface area contributed by atoms with Crippen molar-refractivity contribution in [2.75, 3.05) is 26.2 Å². The van der Waals surface area contributed by atoms with Crippen LogP contribution >= 0.6 is 0 Å². The molecule has 2 nitrogen and oxygen atoms in total. The van der Waals surface area contributed by atoms with Gasteiger partial charge in [0.15, 0.2) is 0 Å². The largest absolute Gasteiger partial charge is 0.416 e. The lowest BCUT2D eigenvalue weighted by Gasteiger charge is -2.21. The summed E-state index contributed by atoms with van der Waals surface area (Å²) in [5, 5.41) is 3.24. The third-order valence-electron chi connectivity index (χ3n) is 3.15. The number of halogens is 3. The number of hydrogen-bond donors (Lipinski definition) is 1. The summed E-state index contributed by atoms with van der Waals surface area (Å²) in [7, 11) is 0. The van der Waals surface area contributed by atoms with Crippen molar-refractivity contribution < 1.29 is 13.2 Å². The van der Waals surface area contributed by atoms with E-state index in [0.29, 0.717) is 12.1 Å². The Morgan fingerprint density at radius 2 is 1.89 bits per heavy atom. The zero-order valence-corrected chi connectivity index (χ0v) is 10.1. The molecule has 1 saturated heterocycles. The maximum Gasteiger partial charge on any atom is 0.416 e. The molecule has 100 valence electrons. The summed E-state index contributed by atoms with van der Waals surface area (Å²) < 4.78 is 38.6. The van der Waals surface area contributed by atoms with Gasteiger partial charge in [0.05, 0.1) is 5.56 Å². The molecular weight excluding hydrogens is 241 g/mol. The van der Waals surface area contributed by atoms with Crippen LogP contribution in [0.5, 0.6) is 0 Å². The molecule has 1 heterocycles. The third-order valence-corrected chi connectivity index (χ3v) is 3.15. The topological polar surface area (TPSA) is 15.3 Å². The SMILES string of the molecule is FC(F)(F)c1ccccc1CN1CCCNCC1. The van der Waals surface area contributed by atoms with E-state index in [1.165, 1.54) is 6.07 Å². The van der Waals surface area contributed by atoms with Crippen LogP contribution in [0, 0.1) is 0 Å². The Labute approximate surface area is 105 Å². The van der Waals surface area contributed by atoms with Crippen LogP contribution in [0.4, 0.5) is 13.2 Å². The minimum absolute atomic E-state index is 0.368. The Morgan fingerprint density at radius 1 is 1.11 bits per heavy atom. The standard InChI is InChI=1S/C13H17F3N2/c14-13(15,16)12-5-2-1-4-11(12)10-18-8-3-6-17-7-9-18/h1-2,4-5,17H,3,6-10H2. The second-order valence-corrected chi connectivity index (χ2v) is 4.53. The van der Waals surface area contributed by atoms with Crippen LogP contribution < -0.4 is 5.32 Å². The summed E-state index contributed by atoms with van der Waals surface area (Å²) in [5.41, 5.74) is -0.144. The lowest BCUT2D eigenvalue weighted by atomic mass is 10.1. The van der Waals surface area contributed by atoms with E-state index >= 15 is 0 Å². The Morgan fingerprint density at radius 3 is 2.67 bits per heavy atom. The Bertz CT molecular complexity index is 382. The average Bonchev–Trinajstić information content (AvgIpc) is 2.57. The van der Waals surface area contributed by atoms with Crippen molar-refractivity contribution in [2.45, 2.75) is 19.1 Å². The summed E-state index contributed by atoms with van der Waals surface area (Å²) in [4.78, 5) is 2.07. The van der Waals surface area contributed by atoms with E-state index in [-0.39, 0.29) is 0 Å². The highest BCUT2D eigenvalue weighted by Gasteiger charge is 2.33. The molecule has 0 aromatic heterocycles. The number of hydrogen-bond acceptors (Lipinski definition) is 2. The Balaban J connectivity index is 2.13. The fourth-order valence-electron chi connectivity index (χ4n) is 2.24. The smallest absolute Gasteiger partial charge is 0.315 e. The fourth-order valence-corrected chi connectivity index (χ4v) is 2.24. The van der Waals surface area contributed by atoms with Gasteiger partial charge in [-0.05, 0) is 31.1 Å². The van der Waals surface area contributed by atoms with E-state index in [9.17, 15) is 13.2 Å². The van der Waals surface area contributed by atoms with Crippen LogP contribution in [0.3, 0.4) is 0 Å². The van der Waals surface area contributed by atoms with Crippen LogP contribution in [0.2, 0.25) is 0 Å². The molecule has 1 fully saturated rings. The molecule has 1 aliphatic rings. The van der Waals surface area contributed by atoms with Gasteiger partial charge in [0.2, 0.25) is 0 Å². The molecule has 0 bridgehead atoms. The van der Waals surface area contributed by atoms with Gasteiger partial charge in [0.25, 0.3) is 0 Å². The highest BCUT2D eigenvalue weighted by Crippen LogP contribution is 2.32. The first-order valence-electron chi connectivity index (χ1n) is 6.15. The van der Waals surface area contributed by atoms with Gasteiger partial charge in [-0.25, -0.2) is 0 Å². The number of alkyl halides is 3. The van der Waals surface area contributed by atoms with E-state index in [0.717, 1.165) is 38.7 Å². The molecule has 0 unspecified atom stereocenters. The minimum Gasteiger partial charge on any atom is -0.315 e. The maximum atomic E-state index is 12.9. The lowest BCUT2D eigenvalue weighted by molar-refractivity contribution is -0.138. The molecular formula is C13H17F3N2. The van der Waals surface area contributed by atoms with Crippen molar-refractivity contribution in [1.82, 2.24) is 10.2 Å². The lowest BCUT2D eigenvalue weighted by Crippen LogP contribution is -2.28. The Kier molecular flexibility index (Phi) is 4.24. The summed E-state index contributed by atoms with van der Waals surface area (Å²) >= 11 is 0. The monoisotopic (exact) mass is 258 g/mol. The molecule has 0 radical (unpaired) electrons. The molecule has 0 atom stereocenters. The minimum atomic E-state index is -4.26. The molecule has 18 heavy (non-hydrogen) atoms. The number of nitrogens with zero attached hydrogens (tertiary/aromatic N) is 1. The van der Waals surface area contributed by atoms with Gasteiger partial charge in [-0.1, -0.05) is 18.2 Å². The molecule has 0 aliphatic carbocycles. The van der Waals surface area contributed by atoms with E-state index in [1.807, 2.05) is 0 Å². The predicted molar refractivity (Wildman–Crippen MR) is 64.2 cm³/mol. The van der Waals surface area contributed by atoms with E-state index in [2.05, 4.69) is 10.2 Å². The molecule has 0 amide bonds. The van der Waals surface area contributed by atoms with Crippen LogP contribution in [-0.2, 0) is 12.7 Å². The quantitative estimate of drug-likeness (QED) is 0.876. The maximum absolute atomic E-state index is 12.9. The van der Waals surface area contributed by atoms with Gasteiger partial charge in [-0.15, -0.1) is 0 Å². The van der Waals surface area contributed by atoms with Crippen molar-refractivity contribution in [3.05, 3.63) is 35.4 Å². The van der Waals surface area contributed by atoms with E-state index in [1.54, 1.807) is 12.1 Å². The summed E-state index contributed by atoms with van der Waals surface area (Å²) in [5.74, 6) is 0. The zero-order chi connectivity index (χ0) is 13.0. The molecule has 5 heteroatoms. The highest BCUT2D eigenvalue weighted by atomic mass is 19.4. The van der Waals surface area contributed by atoms with E-state index in [4.69, 9.17) is 0 Å². The first kappa shape index (κ1) is 13.4. The normalized spacial score (nSPS) is 18.6. The van der Waals surface area contributed by atoms with E-state index < -0.39 is 11.7 Å². The molecule has 1 aromatic rings. The van der Waals surface area contributed by atoms with Crippen molar-refractivity contribution >= 4 is 0 Å². The number of benzene rings is 1. The molecule has 0 spiro atoms. The van der Waals surface area contributed by atoms with Gasteiger partial charge in [-0.2, -0.15) is 13.2 Å². The Hall–Kier alpha value is -1.07. The van der Waals surface area contributed by atoms with Gasteiger partial charge in [0.1, 0.15) is 0 Å². The van der Waals surface area contributed by atoms with Crippen molar-refractivity contribution in [1.29, 1.82) is 0 Å². The van der Waals surface area contributed by atoms with Crippen molar-refractivity contribution in [2.24, 2.45) is 0 Å². The molecule has 1 aliphatic heterocycles. The van der Waals surface area contributed by atoms with Crippen molar-refractivity contribution in [3.63, 3.8) is 0 Å². The molecule has 1 aromatic carbocycles. The van der Waals surface area contributed by atoms with Crippen molar-refractivity contribution in [3.8, 4) is 0 Å². The fraction of sp³-hybridized carbons (Fsp3) is 0.538. The summed E-state index contributed by atoms with van der Waals surface area (Å²) in [6, 6.07) is 5.84.